The zero-order valence-electron chi connectivity index (χ0n) is 10.3. The third kappa shape index (κ3) is 3.48. The molecular formula is C15H13NO3. The number of benzene rings is 2. The summed E-state index contributed by atoms with van der Waals surface area (Å²) in [6.45, 7) is 0. The molecule has 96 valence electrons. The van der Waals surface area contributed by atoms with Crippen molar-refractivity contribution in [3.8, 4) is 0 Å². The molecule has 0 aromatic heterocycles. The number of aryl methyl sites for hydroxylation is 1. The van der Waals surface area contributed by atoms with Gasteiger partial charge in [0.05, 0.1) is 4.92 Å². The summed E-state index contributed by atoms with van der Waals surface area (Å²) in [5.74, 6) is -0.0763. The van der Waals surface area contributed by atoms with Crippen LogP contribution in [-0.2, 0) is 6.42 Å². The Morgan fingerprint density at radius 1 is 1.05 bits per heavy atom. The maximum Gasteiger partial charge on any atom is 0.270 e. The smallest absolute Gasteiger partial charge is 0.270 e. The van der Waals surface area contributed by atoms with Gasteiger partial charge in [0.15, 0.2) is 5.78 Å². The molecule has 0 amide bonds. The molecule has 0 heterocycles. The number of rotatable bonds is 5. The predicted molar refractivity (Wildman–Crippen MR) is 72.2 cm³/mol. The fourth-order valence-corrected chi connectivity index (χ4v) is 1.84. The summed E-state index contributed by atoms with van der Waals surface area (Å²) >= 11 is 0. The van der Waals surface area contributed by atoms with Crippen LogP contribution in [0, 0.1) is 10.1 Å². The molecule has 4 heteroatoms. The van der Waals surface area contributed by atoms with Crippen molar-refractivity contribution in [2.45, 2.75) is 12.8 Å². The first-order chi connectivity index (χ1) is 9.16. The summed E-state index contributed by atoms with van der Waals surface area (Å²) in [5, 5.41) is 10.6. The summed E-state index contributed by atoms with van der Waals surface area (Å²) in [5.41, 5.74) is 1.43. The summed E-state index contributed by atoms with van der Waals surface area (Å²) in [6.07, 6.45) is 0.994. The van der Waals surface area contributed by atoms with Crippen LogP contribution >= 0.6 is 0 Å². The Hall–Kier alpha value is -2.49. The number of hydrogen-bond donors (Lipinski definition) is 0. The van der Waals surface area contributed by atoms with Gasteiger partial charge in [0, 0.05) is 24.1 Å². The highest BCUT2D eigenvalue weighted by atomic mass is 16.6. The molecule has 0 radical (unpaired) electrons. The van der Waals surface area contributed by atoms with E-state index in [0.29, 0.717) is 18.4 Å². The van der Waals surface area contributed by atoms with Crippen molar-refractivity contribution in [1.29, 1.82) is 0 Å². The largest absolute Gasteiger partial charge is 0.294 e. The summed E-state index contributed by atoms with van der Waals surface area (Å²) in [4.78, 5) is 22.1. The van der Waals surface area contributed by atoms with Gasteiger partial charge in [-0.15, -0.1) is 0 Å². The van der Waals surface area contributed by atoms with Gasteiger partial charge >= 0.3 is 0 Å². The molecule has 0 aliphatic heterocycles. The van der Waals surface area contributed by atoms with Gasteiger partial charge in [-0.1, -0.05) is 42.5 Å². The molecule has 0 fully saturated rings. The monoisotopic (exact) mass is 255 g/mol. The van der Waals surface area contributed by atoms with Crippen LogP contribution in [0.5, 0.6) is 0 Å². The van der Waals surface area contributed by atoms with E-state index in [4.69, 9.17) is 0 Å². The molecule has 0 aliphatic carbocycles. The second-order valence-electron chi connectivity index (χ2n) is 4.22. The first-order valence-electron chi connectivity index (χ1n) is 5.98. The van der Waals surface area contributed by atoms with Gasteiger partial charge in [0.2, 0.25) is 0 Å². The van der Waals surface area contributed by atoms with Crippen LogP contribution in [0.15, 0.2) is 54.6 Å². The van der Waals surface area contributed by atoms with Gasteiger partial charge in [-0.05, 0) is 12.0 Å². The highest BCUT2D eigenvalue weighted by Gasteiger charge is 2.11. The topological polar surface area (TPSA) is 60.2 Å². The normalized spacial score (nSPS) is 10.1. The lowest BCUT2D eigenvalue weighted by atomic mass is 10.0. The van der Waals surface area contributed by atoms with Crippen molar-refractivity contribution in [3.05, 3.63) is 75.8 Å². The maximum absolute atomic E-state index is 12.0. The third-order valence-corrected chi connectivity index (χ3v) is 2.86. The third-order valence-electron chi connectivity index (χ3n) is 2.86. The zero-order chi connectivity index (χ0) is 13.7. The van der Waals surface area contributed by atoms with Gasteiger partial charge in [-0.2, -0.15) is 0 Å². The predicted octanol–water partition coefficient (Wildman–Crippen LogP) is 3.41. The Kier molecular flexibility index (Phi) is 4.03. The molecule has 0 atom stereocenters. The van der Waals surface area contributed by atoms with E-state index >= 15 is 0 Å². The number of Topliss-reactive ketones (excluding diaryl/α,β-unsaturated/α-hetero) is 1. The highest BCUT2D eigenvalue weighted by Crippen LogP contribution is 2.15. The van der Waals surface area contributed by atoms with Gasteiger partial charge in [-0.3, -0.25) is 14.9 Å². The standard InChI is InChI=1S/C15H13NO3/c17-15(10-9-12-5-2-1-3-6-12)13-7-4-8-14(11-13)16(18)19/h1-8,11H,9-10H2. The second-order valence-corrected chi connectivity index (χ2v) is 4.22. The first kappa shape index (κ1) is 13.0. The molecule has 0 saturated heterocycles. The van der Waals surface area contributed by atoms with E-state index in [1.54, 1.807) is 6.07 Å². The van der Waals surface area contributed by atoms with Crippen LogP contribution < -0.4 is 0 Å². The minimum Gasteiger partial charge on any atom is -0.294 e. The van der Waals surface area contributed by atoms with Crippen LogP contribution in [0.25, 0.3) is 0 Å². The molecule has 19 heavy (non-hydrogen) atoms. The average Bonchev–Trinajstić information content (AvgIpc) is 2.46. The Bertz CT molecular complexity index is 593. The Labute approximate surface area is 110 Å². The molecule has 0 bridgehead atoms. The lowest BCUT2D eigenvalue weighted by molar-refractivity contribution is -0.384. The van der Waals surface area contributed by atoms with Crippen LogP contribution in [0.4, 0.5) is 5.69 Å². The minimum absolute atomic E-state index is 0.0504. The zero-order valence-corrected chi connectivity index (χ0v) is 10.3. The van der Waals surface area contributed by atoms with Gasteiger partial charge in [-0.25, -0.2) is 0 Å². The van der Waals surface area contributed by atoms with E-state index in [2.05, 4.69) is 0 Å². The maximum atomic E-state index is 12.0. The molecule has 0 N–H and O–H groups in total. The Morgan fingerprint density at radius 3 is 2.47 bits per heavy atom. The molecule has 2 rings (SSSR count). The second kappa shape index (κ2) is 5.91. The highest BCUT2D eigenvalue weighted by molar-refractivity contribution is 5.96. The van der Waals surface area contributed by atoms with Crippen molar-refractivity contribution < 1.29 is 9.72 Å². The summed E-state index contributed by atoms with van der Waals surface area (Å²) in [6, 6.07) is 15.5. The van der Waals surface area contributed by atoms with E-state index in [-0.39, 0.29) is 11.5 Å². The summed E-state index contributed by atoms with van der Waals surface area (Å²) in [7, 11) is 0. The van der Waals surface area contributed by atoms with Crippen LogP contribution in [0.2, 0.25) is 0 Å². The number of nitro benzene ring substituents is 1. The quantitative estimate of drug-likeness (QED) is 0.467. The van der Waals surface area contributed by atoms with E-state index in [9.17, 15) is 14.9 Å². The molecule has 0 spiro atoms. The molecule has 0 unspecified atom stereocenters. The number of non-ortho nitro benzene ring substituents is 1. The SMILES string of the molecule is O=C(CCc1ccccc1)c1cccc([N+](=O)[O-])c1. The van der Waals surface area contributed by atoms with Crippen molar-refractivity contribution in [3.63, 3.8) is 0 Å². The van der Waals surface area contributed by atoms with Gasteiger partial charge < -0.3 is 0 Å². The number of carbonyl (C=O) groups excluding carboxylic acids is 1. The molecular weight excluding hydrogens is 242 g/mol. The van der Waals surface area contributed by atoms with Crippen LogP contribution in [-0.4, -0.2) is 10.7 Å². The summed E-state index contributed by atoms with van der Waals surface area (Å²) < 4.78 is 0. The molecule has 0 aliphatic rings. The fourth-order valence-electron chi connectivity index (χ4n) is 1.84. The Balaban J connectivity index is 2.04. The first-order valence-corrected chi connectivity index (χ1v) is 5.98. The van der Waals surface area contributed by atoms with Crippen molar-refractivity contribution in [2.24, 2.45) is 0 Å². The van der Waals surface area contributed by atoms with Crippen molar-refractivity contribution in [2.75, 3.05) is 0 Å². The number of nitro groups is 1. The lowest BCUT2D eigenvalue weighted by Gasteiger charge is -2.02. The van der Waals surface area contributed by atoms with Crippen LogP contribution in [0.3, 0.4) is 0 Å². The Morgan fingerprint density at radius 2 is 1.79 bits per heavy atom. The number of nitrogens with zero attached hydrogens (tertiary/aromatic N) is 1. The average molecular weight is 255 g/mol. The van der Waals surface area contributed by atoms with Crippen LogP contribution in [0.1, 0.15) is 22.3 Å². The number of ketones is 1. The molecule has 4 nitrogen and oxygen atoms in total. The minimum atomic E-state index is -0.492. The lowest BCUT2D eigenvalue weighted by Crippen LogP contribution is -2.02. The fraction of sp³-hybridized carbons (Fsp3) is 0.133. The van der Waals surface area contributed by atoms with E-state index in [1.165, 1.54) is 18.2 Å². The number of carbonyl (C=O) groups is 1. The van der Waals surface area contributed by atoms with E-state index in [0.717, 1.165) is 5.56 Å². The molecule has 2 aromatic rings. The van der Waals surface area contributed by atoms with E-state index in [1.807, 2.05) is 30.3 Å². The van der Waals surface area contributed by atoms with E-state index < -0.39 is 4.92 Å². The van der Waals surface area contributed by atoms with Crippen molar-refractivity contribution in [1.82, 2.24) is 0 Å². The van der Waals surface area contributed by atoms with Gasteiger partial charge in [0.1, 0.15) is 0 Å². The van der Waals surface area contributed by atoms with Gasteiger partial charge in [0.25, 0.3) is 5.69 Å². The van der Waals surface area contributed by atoms with Crippen molar-refractivity contribution >= 4 is 11.5 Å². The number of hydrogen-bond acceptors (Lipinski definition) is 3. The molecule has 2 aromatic carbocycles. The molecule has 0 saturated carbocycles.